The van der Waals surface area contributed by atoms with Crippen LogP contribution in [0.4, 0.5) is 11.8 Å². The monoisotopic (exact) mass is 361 g/mol. The molecule has 2 aromatic rings. The van der Waals surface area contributed by atoms with Crippen LogP contribution in [-0.2, 0) is 0 Å². The molecule has 116 valence electrons. The van der Waals surface area contributed by atoms with E-state index in [0.717, 1.165) is 47.6 Å². The molecule has 3 heterocycles. The van der Waals surface area contributed by atoms with Crippen LogP contribution >= 0.6 is 15.9 Å². The summed E-state index contributed by atoms with van der Waals surface area (Å²) in [7, 11) is 0. The Morgan fingerprint density at radius 3 is 2.86 bits per heavy atom. The molecule has 1 atom stereocenters. The molecule has 1 fully saturated rings. The number of nitrogens with zero attached hydrogens (tertiary/aromatic N) is 4. The fourth-order valence-corrected chi connectivity index (χ4v) is 2.93. The topological polar surface area (TPSA) is 53.9 Å². The van der Waals surface area contributed by atoms with Crippen LogP contribution in [0.15, 0.2) is 28.9 Å². The number of aromatic nitrogens is 3. The average Bonchev–Trinajstić information content (AvgIpc) is 2.50. The Kier molecular flexibility index (Phi) is 4.57. The van der Waals surface area contributed by atoms with Gasteiger partial charge in [-0.25, -0.2) is 15.0 Å². The van der Waals surface area contributed by atoms with Crippen LogP contribution in [0.25, 0.3) is 0 Å². The standard InChI is InChI=1S/C16H20BrN5/c1-11-7-8-18-16(19-11)21-13-4-3-9-22(10-13)15-6-5-14(17)12(2)20-15/h5-8,13H,3-4,9-10H2,1-2H3,(H,18,19,21). The summed E-state index contributed by atoms with van der Waals surface area (Å²) >= 11 is 3.51. The number of hydrogen-bond donors (Lipinski definition) is 1. The van der Waals surface area contributed by atoms with Crippen LogP contribution in [0.5, 0.6) is 0 Å². The minimum Gasteiger partial charge on any atom is -0.355 e. The van der Waals surface area contributed by atoms with Crippen molar-refractivity contribution in [3.63, 3.8) is 0 Å². The molecule has 1 aliphatic rings. The Bertz CT molecular complexity index is 661. The van der Waals surface area contributed by atoms with Crippen molar-refractivity contribution in [1.82, 2.24) is 15.0 Å². The maximum absolute atomic E-state index is 4.67. The van der Waals surface area contributed by atoms with Crippen LogP contribution in [0, 0.1) is 13.8 Å². The molecule has 1 N–H and O–H groups in total. The lowest BCUT2D eigenvalue weighted by Gasteiger charge is -2.34. The number of piperidine rings is 1. The second-order valence-electron chi connectivity index (χ2n) is 5.69. The number of rotatable bonds is 3. The van der Waals surface area contributed by atoms with Crippen LogP contribution in [0.3, 0.4) is 0 Å². The first-order valence-electron chi connectivity index (χ1n) is 7.56. The lowest BCUT2D eigenvalue weighted by Crippen LogP contribution is -2.42. The smallest absolute Gasteiger partial charge is 0.223 e. The van der Waals surface area contributed by atoms with Crippen molar-refractivity contribution < 1.29 is 0 Å². The summed E-state index contributed by atoms with van der Waals surface area (Å²) in [5.41, 5.74) is 2.00. The highest BCUT2D eigenvalue weighted by molar-refractivity contribution is 9.10. The Labute approximate surface area is 139 Å². The van der Waals surface area contributed by atoms with Gasteiger partial charge in [0.05, 0.1) is 5.69 Å². The molecule has 1 aliphatic heterocycles. The molecule has 1 unspecified atom stereocenters. The molecule has 2 aromatic heterocycles. The molecule has 22 heavy (non-hydrogen) atoms. The zero-order valence-electron chi connectivity index (χ0n) is 12.9. The van der Waals surface area contributed by atoms with Gasteiger partial charge in [-0.2, -0.15) is 0 Å². The largest absolute Gasteiger partial charge is 0.355 e. The van der Waals surface area contributed by atoms with Crippen LogP contribution in [0.2, 0.25) is 0 Å². The fraction of sp³-hybridized carbons (Fsp3) is 0.438. The van der Waals surface area contributed by atoms with Gasteiger partial charge < -0.3 is 10.2 Å². The molecular weight excluding hydrogens is 342 g/mol. The molecule has 0 aromatic carbocycles. The predicted molar refractivity (Wildman–Crippen MR) is 92.3 cm³/mol. The van der Waals surface area contributed by atoms with Gasteiger partial charge in [0.25, 0.3) is 0 Å². The van der Waals surface area contributed by atoms with Gasteiger partial charge >= 0.3 is 0 Å². The van der Waals surface area contributed by atoms with Crippen molar-refractivity contribution in [2.75, 3.05) is 23.3 Å². The summed E-state index contributed by atoms with van der Waals surface area (Å²) < 4.78 is 1.05. The van der Waals surface area contributed by atoms with Gasteiger partial charge in [0.1, 0.15) is 5.82 Å². The maximum Gasteiger partial charge on any atom is 0.223 e. The highest BCUT2D eigenvalue weighted by Crippen LogP contribution is 2.23. The van der Waals surface area contributed by atoms with Crippen molar-refractivity contribution >= 4 is 27.7 Å². The molecule has 3 rings (SSSR count). The third kappa shape index (κ3) is 3.55. The molecule has 0 aliphatic carbocycles. The lowest BCUT2D eigenvalue weighted by molar-refractivity contribution is 0.524. The Balaban J connectivity index is 1.69. The van der Waals surface area contributed by atoms with Crippen LogP contribution in [0.1, 0.15) is 24.2 Å². The molecule has 1 saturated heterocycles. The van der Waals surface area contributed by atoms with Gasteiger partial charge in [0, 0.05) is 35.5 Å². The molecule has 6 heteroatoms. The van der Waals surface area contributed by atoms with E-state index in [1.165, 1.54) is 0 Å². The van der Waals surface area contributed by atoms with Crippen LogP contribution < -0.4 is 10.2 Å². The van der Waals surface area contributed by atoms with Gasteiger partial charge in [0.2, 0.25) is 5.95 Å². The minimum absolute atomic E-state index is 0.348. The Morgan fingerprint density at radius 2 is 2.09 bits per heavy atom. The van der Waals surface area contributed by atoms with E-state index in [9.17, 15) is 0 Å². The van der Waals surface area contributed by atoms with Crippen molar-refractivity contribution in [2.45, 2.75) is 32.7 Å². The number of anilines is 2. The van der Waals surface area contributed by atoms with Crippen molar-refractivity contribution in [3.05, 3.63) is 40.3 Å². The first kappa shape index (κ1) is 15.2. The second-order valence-corrected chi connectivity index (χ2v) is 6.54. The number of hydrogen-bond acceptors (Lipinski definition) is 5. The number of aryl methyl sites for hydroxylation is 2. The summed E-state index contributed by atoms with van der Waals surface area (Å²) in [5, 5.41) is 3.45. The van der Waals surface area contributed by atoms with Crippen LogP contribution in [-0.4, -0.2) is 34.1 Å². The van der Waals surface area contributed by atoms with Crippen molar-refractivity contribution in [1.29, 1.82) is 0 Å². The van der Waals surface area contributed by atoms with E-state index >= 15 is 0 Å². The third-order valence-electron chi connectivity index (χ3n) is 3.88. The lowest BCUT2D eigenvalue weighted by atomic mass is 10.1. The SMILES string of the molecule is Cc1ccnc(NC2CCCN(c3ccc(Br)c(C)n3)C2)n1. The van der Waals surface area contributed by atoms with E-state index in [2.05, 4.69) is 53.2 Å². The Morgan fingerprint density at radius 1 is 1.23 bits per heavy atom. The second kappa shape index (κ2) is 6.60. The van der Waals surface area contributed by atoms with E-state index in [1.807, 2.05) is 19.9 Å². The molecule has 0 saturated carbocycles. The molecule has 0 bridgehead atoms. The molecule has 0 spiro atoms. The zero-order chi connectivity index (χ0) is 15.5. The first-order chi connectivity index (χ1) is 10.6. The van der Waals surface area contributed by atoms with Crippen molar-refractivity contribution in [3.8, 4) is 0 Å². The zero-order valence-corrected chi connectivity index (χ0v) is 14.5. The normalized spacial score (nSPS) is 18.3. The summed E-state index contributed by atoms with van der Waals surface area (Å²) in [4.78, 5) is 15.7. The number of nitrogens with one attached hydrogen (secondary N) is 1. The van der Waals surface area contributed by atoms with E-state index in [-0.39, 0.29) is 0 Å². The summed E-state index contributed by atoms with van der Waals surface area (Å²) in [6.07, 6.45) is 4.06. The minimum atomic E-state index is 0.348. The van der Waals surface area contributed by atoms with E-state index < -0.39 is 0 Å². The van der Waals surface area contributed by atoms with Crippen molar-refractivity contribution in [2.24, 2.45) is 0 Å². The van der Waals surface area contributed by atoms with Gasteiger partial charge in [-0.05, 0) is 60.8 Å². The van der Waals surface area contributed by atoms with E-state index in [0.29, 0.717) is 12.0 Å². The third-order valence-corrected chi connectivity index (χ3v) is 4.72. The summed E-state index contributed by atoms with van der Waals surface area (Å²) in [5.74, 6) is 1.75. The molecule has 0 amide bonds. The maximum atomic E-state index is 4.67. The fourth-order valence-electron chi connectivity index (χ4n) is 2.71. The number of halogens is 1. The van der Waals surface area contributed by atoms with E-state index in [4.69, 9.17) is 0 Å². The van der Waals surface area contributed by atoms with Gasteiger partial charge in [-0.3, -0.25) is 0 Å². The predicted octanol–water partition coefficient (Wildman–Crippen LogP) is 3.33. The highest BCUT2D eigenvalue weighted by Gasteiger charge is 2.21. The quantitative estimate of drug-likeness (QED) is 0.908. The van der Waals surface area contributed by atoms with Gasteiger partial charge in [0.15, 0.2) is 0 Å². The first-order valence-corrected chi connectivity index (χ1v) is 8.35. The van der Waals surface area contributed by atoms with Gasteiger partial charge in [-0.1, -0.05) is 0 Å². The summed E-state index contributed by atoms with van der Waals surface area (Å²) in [6.45, 7) is 5.97. The van der Waals surface area contributed by atoms with Gasteiger partial charge in [-0.15, -0.1) is 0 Å². The molecule has 5 nitrogen and oxygen atoms in total. The molecule has 0 radical (unpaired) electrons. The number of pyridine rings is 1. The average molecular weight is 362 g/mol. The molecular formula is C16H20BrN5. The highest BCUT2D eigenvalue weighted by atomic mass is 79.9. The van der Waals surface area contributed by atoms with E-state index in [1.54, 1.807) is 6.20 Å². The Hall–Kier alpha value is -1.69. The summed E-state index contributed by atoms with van der Waals surface area (Å²) in [6, 6.07) is 6.40.